The van der Waals surface area contributed by atoms with Crippen LogP contribution in [0, 0.1) is 11.3 Å². The van der Waals surface area contributed by atoms with Gasteiger partial charge in [0, 0.05) is 37.6 Å². The normalized spacial score (nSPS) is 16.1. The number of carbonyl (C=O) groups is 1. The molecule has 1 heterocycles. The van der Waals surface area contributed by atoms with Gasteiger partial charge in [-0.15, -0.1) is 11.8 Å². The summed E-state index contributed by atoms with van der Waals surface area (Å²) in [5, 5.41) is 12.6. The maximum Gasteiger partial charge on any atom is 0.234 e. The fourth-order valence-electron chi connectivity index (χ4n) is 3.45. The summed E-state index contributed by atoms with van der Waals surface area (Å²) >= 11 is 1.82. The Morgan fingerprint density at radius 2 is 1.69 bits per heavy atom. The first kappa shape index (κ1) is 21.4. The van der Waals surface area contributed by atoms with Gasteiger partial charge in [-0.25, -0.2) is 0 Å². The molecule has 152 valence electrons. The van der Waals surface area contributed by atoms with Crippen LogP contribution in [0.4, 0.5) is 0 Å². The molecule has 1 amide bonds. The topological polar surface area (TPSA) is 59.4 Å². The van der Waals surface area contributed by atoms with Gasteiger partial charge in [0.1, 0.15) is 6.04 Å². The molecule has 0 unspecified atom stereocenters. The highest BCUT2D eigenvalue weighted by atomic mass is 32.2. The summed E-state index contributed by atoms with van der Waals surface area (Å²) < 4.78 is 0. The zero-order chi connectivity index (χ0) is 20.3. The highest BCUT2D eigenvalue weighted by Crippen LogP contribution is 2.21. The predicted molar refractivity (Wildman–Crippen MR) is 118 cm³/mol. The van der Waals surface area contributed by atoms with Crippen molar-refractivity contribution in [3.05, 3.63) is 66.2 Å². The third-order valence-corrected chi connectivity index (χ3v) is 6.13. The van der Waals surface area contributed by atoms with Gasteiger partial charge in [-0.2, -0.15) is 5.26 Å². The van der Waals surface area contributed by atoms with Gasteiger partial charge in [-0.1, -0.05) is 48.5 Å². The van der Waals surface area contributed by atoms with E-state index in [0.29, 0.717) is 13.1 Å². The molecular formula is C23H28N4OS. The van der Waals surface area contributed by atoms with Crippen molar-refractivity contribution in [3.8, 4) is 6.07 Å². The van der Waals surface area contributed by atoms with Crippen LogP contribution in [0.25, 0.3) is 0 Å². The van der Waals surface area contributed by atoms with E-state index in [1.165, 1.54) is 4.90 Å². The third-order valence-electron chi connectivity index (χ3n) is 5.03. The Labute approximate surface area is 177 Å². The van der Waals surface area contributed by atoms with Crippen molar-refractivity contribution in [3.63, 3.8) is 0 Å². The molecule has 6 heteroatoms. The van der Waals surface area contributed by atoms with Crippen LogP contribution in [0.1, 0.15) is 18.0 Å². The summed E-state index contributed by atoms with van der Waals surface area (Å²) in [7, 11) is 0. The maximum absolute atomic E-state index is 12.2. The fraction of sp³-hybridized carbons (Fsp3) is 0.391. The van der Waals surface area contributed by atoms with Crippen molar-refractivity contribution in [2.45, 2.75) is 17.4 Å². The van der Waals surface area contributed by atoms with Gasteiger partial charge < -0.3 is 5.32 Å². The van der Waals surface area contributed by atoms with Gasteiger partial charge >= 0.3 is 0 Å². The predicted octanol–water partition coefficient (Wildman–Crippen LogP) is 3.17. The molecule has 0 radical (unpaired) electrons. The quantitative estimate of drug-likeness (QED) is 0.510. The first-order valence-electron chi connectivity index (χ1n) is 10.1. The Morgan fingerprint density at radius 1 is 1.03 bits per heavy atom. The van der Waals surface area contributed by atoms with Crippen molar-refractivity contribution >= 4 is 17.7 Å². The molecule has 5 nitrogen and oxygen atoms in total. The highest BCUT2D eigenvalue weighted by Gasteiger charge is 2.25. The molecule has 1 atom stereocenters. The van der Waals surface area contributed by atoms with Crippen LogP contribution < -0.4 is 5.32 Å². The van der Waals surface area contributed by atoms with Crippen molar-refractivity contribution in [2.24, 2.45) is 0 Å². The van der Waals surface area contributed by atoms with E-state index < -0.39 is 0 Å². The maximum atomic E-state index is 12.2. The van der Waals surface area contributed by atoms with Crippen molar-refractivity contribution in [1.82, 2.24) is 15.1 Å². The van der Waals surface area contributed by atoms with Crippen LogP contribution in [-0.4, -0.2) is 60.7 Å². The average Bonchev–Trinajstić information content (AvgIpc) is 2.77. The van der Waals surface area contributed by atoms with Crippen LogP contribution >= 0.6 is 11.8 Å². The number of piperazine rings is 1. The van der Waals surface area contributed by atoms with Gasteiger partial charge in [0.15, 0.2) is 0 Å². The number of hydrogen-bond acceptors (Lipinski definition) is 5. The van der Waals surface area contributed by atoms with Crippen LogP contribution in [-0.2, 0) is 4.79 Å². The van der Waals surface area contributed by atoms with E-state index >= 15 is 0 Å². The Hall–Kier alpha value is -2.33. The first-order chi connectivity index (χ1) is 14.3. The third kappa shape index (κ3) is 6.90. The molecule has 2 aromatic carbocycles. The van der Waals surface area contributed by atoms with Gasteiger partial charge in [0.2, 0.25) is 5.91 Å². The van der Waals surface area contributed by atoms with Crippen molar-refractivity contribution in [1.29, 1.82) is 5.26 Å². The van der Waals surface area contributed by atoms with Gasteiger partial charge in [0.25, 0.3) is 0 Å². The minimum Gasteiger partial charge on any atom is -0.355 e. The number of nitrogens with zero attached hydrogens (tertiary/aromatic N) is 3. The Kier molecular flexibility index (Phi) is 8.57. The summed E-state index contributed by atoms with van der Waals surface area (Å²) in [5.41, 5.74) is 1.04. The van der Waals surface area contributed by atoms with Crippen molar-refractivity contribution < 1.29 is 4.79 Å². The Bertz CT molecular complexity index is 786. The molecule has 1 aliphatic heterocycles. The monoisotopic (exact) mass is 408 g/mol. The number of rotatable bonds is 9. The number of hydrogen-bond donors (Lipinski definition) is 1. The SMILES string of the molecule is N#C[C@@H](c1ccccc1)N1CCN(CC(=O)NCCCSc2ccccc2)CC1. The minimum absolute atomic E-state index is 0.0862. The molecule has 0 saturated carbocycles. The lowest BCUT2D eigenvalue weighted by molar-refractivity contribution is -0.122. The van der Waals surface area contributed by atoms with Crippen LogP contribution in [0.15, 0.2) is 65.6 Å². The Balaban J connectivity index is 1.32. The number of carbonyl (C=O) groups excluding carboxylic acids is 1. The molecule has 1 fully saturated rings. The lowest BCUT2D eigenvalue weighted by atomic mass is 10.1. The van der Waals surface area contributed by atoms with Crippen LogP contribution in [0.5, 0.6) is 0 Å². The molecule has 3 rings (SSSR count). The lowest BCUT2D eigenvalue weighted by Crippen LogP contribution is -2.50. The molecule has 0 spiro atoms. The molecule has 1 saturated heterocycles. The van der Waals surface area contributed by atoms with Gasteiger partial charge in [-0.05, 0) is 29.9 Å². The molecule has 1 aliphatic rings. The minimum atomic E-state index is -0.214. The molecule has 29 heavy (non-hydrogen) atoms. The van der Waals surface area contributed by atoms with Gasteiger partial charge in [0.05, 0.1) is 12.6 Å². The van der Waals surface area contributed by atoms with E-state index in [1.54, 1.807) is 0 Å². The largest absolute Gasteiger partial charge is 0.355 e. The summed E-state index contributed by atoms with van der Waals surface area (Å²) in [6.45, 7) is 4.36. The first-order valence-corrected chi connectivity index (χ1v) is 11.1. The summed E-state index contributed by atoms with van der Waals surface area (Å²) in [5.74, 6) is 1.08. The number of nitriles is 1. The number of thioether (sulfide) groups is 1. The zero-order valence-electron chi connectivity index (χ0n) is 16.7. The highest BCUT2D eigenvalue weighted by molar-refractivity contribution is 7.99. The molecule has 0 aromatic heterocycles. The van der Waals surface area contributed by atoms with E-state index in [2.05, 4.69) is 33.3 Å². The van der Waals surface area contributed by atoms with E-state index in [4.69, 9.17) is 0 Å². The van der Waals surface area contributed by atoms with Crippen LogP contribution in [0.2, 0.25) is 0 Å². The average molecular weight is 409 g/mol. The fourth-order valence-corrected chi connectivity index (χ4v) is 4.32. The zero-order valence-corrected chi connectivity index (χ0v) is 17.5. The summed E-state index contributed by atoms with van der Waals surface area (Å²) in [6.07, 6.45) is 0.958. The van der Waals surface area contributed by atoms with E-state index in [-0.39, 0.29) is 11.9 Å². The Morgan fingerprint density at radius 3 is 2.34 bits per heavy atom. The summed E-state index contributed by atoms with van der Waals surface area (Å²) in [6, 6.07) is 22.4. The second-order valence-electron chi connectivity index (χ2n) is 7.12. The standard InChI is InChI=1S/C23H28N4OS/c24-18-22(20-8-3-1-4-9-20)27-15-13-26(14-16-27)19-23(28)25-12-7-17-29-21-10-5-2-6-11-21/h1-6,8-11,22H,7,12-17,19H2,(H,25,28)/t22-/m0/s1. The second kappa shape index (κ2) is 11.6. The van der Waals surface area contributed by atoms with Crippen molar-refractivity contribution in [2.75, 3.05) is 45.0 Å². The molecule has 0 bridgehead atoms. The van der Waals surface area contributed by atoms with Gasteiger partial charge in [-0.3, -0.25) is 14.6 Å². The van der Waals surface area contributed by atoms with Crippen LogP contribution in [0.3, 0.4) is 0 Å². The van der Waals surface area contributed by atoms with E-state index in [0.717, 1.165) is 43.9 Å². The number of amides is 1. The second-order valence-corrected chi connectivity index (χ2v) is 8.29. The smallest absolute Gasteiger partial charge is 0.234 e. The number of nitrogens with one attached hydrogen (secondary N) is 1. The molecule has 1 N–H and O–H groups in total. The molecule has 0 aliphatic carbocycles. The van der Waals surface area contributed by atoms with E-state index in [9.17, 15) is 10.1 Å². The molecular weight excluding hydrogens is 380 g/mol. The lowest BCUT2D eigenvalue weighted by Gasteiger charge is -2.36. The summed E-state index contributed by atoms with van der Waals surface area (Å²) in [4.78, 5) is 17.8. The van der Waals surface area contributed by atoms with E-state index in [1.807, 2.05) is 60.3 Å². The number of benzene rings is 2. The molecule has 2 aromatic rings.